The molecule has 0 saturated carbocycles. The second-order valence-corrected chi connectivity index (χ2v) is 4.47. The van der Waals surface area contributed by atoms with E-state index in [0.29, 0.717) is 6.54 Å². The van der Waals surface area contributed by atoms with Gasteiger partial charge in [0.2, 0.25) is 0 Å². The lowest BCUT2D eigenvalue weighted by atomic mass is 10.2. The van der Waals surface area contributed by atoms with Crippen molar-refractivity contribution in [3.05, 3.63) is 18.0 Å². The van der Waals surface area contributed by atoms with Gasteiger partial charge in [0.15, 0.2) is 0 Å². The average Bonchev–Trinajstić information content (AvgIpc) is 2.75. The standard InChI is InChI=1S/C12H19N5/c1-15-12(2-5-14-15)3-6-16-8-10-17(7-4-13)11-9-16/h2,5H,3,6-11H2,1H3. The van der Waals surface area contributed by atoms with Crippen LogP contribution >= 0.6 is 0 Å². The smallest absolute Gasteiger partial charge is 0.0866 e. The molecule has 0 atom stereocenters. The SMILES string of the molecule is Cn1nccc1CCN1CCN(CC#N)CC1. The fourth-order valence-corrected chi connectivity index (χ4v) is 2.19. The van der Waals surface area contributed by atoms with E-state index in [1.807, 2.05) is 17.9 Å². The highest BCUT2D eigenvalue weighted by atomic mass is 15.3. The number of hydrogen-bond acceptors (Lipinski definition) is 4. The minimum Gasteiger partial charge on any atom is -0.300 e. The molecule has 0 spiro atoms. The minimum atomic E-state index is 0.565. The number of aryl methyl sites for hydroxylation is 1. The molecule has 1 aliphatic rings. The summed E-state index contributed by atoms with van der Waals surface area (Å²) >= 11 is 0. The number of nitrogens with zero attached hydrogens (tertiary/aromatic N) is 5. The van der Waals surface area contributed by atoms with Crippen molar-refractivity contribution in [2.75, 3.05) is 39.3 Å². The molecule has 1 aromatic rings. The van der Waals surface area contributed by atoms with Gasteiger partial charge in [-0.2, -0.15) is 10.4 Å². The molecule has 5 heteroatoms. The van der Waals surface area contributed by atoms with E-state index in [1.54, 1.807) is 0 Å². The van der Waals surface area contributed by atoms with E-state index in [0.717, 1.165) is 39.1 Å². The van der Waals surface area contributed by atoms with Crippen LogP contribution in [0, 0.1) is 11.3 Å². The largest absolute Gasteiger partial charge is 0.300 e. The van der Waals surface area contributed by atoms with E-state index in [4.69, 9.17) is 5.26 Å². The molecule has 1 fully saturated rings. The molecule has 0 aromatic carbocycles. The highest BCUT2D eigenvalue weighted by molar-refractivity contribution is 5.00. The highest BCUT2D eigenvalue weighted by Crippen LogP contribution is 2.04. The van der Waals surface area contributed by atoms with Gasteiger partial charge < -0.3 is 4.90 Å². The van der Waals surface area contributed by atoms with Gasteiger partial charge >= 0.3 is 0 Å². The maximum atomic E-state index is 8.63. The summed E-state index contributed by atoms with van der Waals surface area (Å²) in [6, 6.07) is 4.29. The van der Waals surface area contributed by atoms with Crippen LogP contribution in [0.4, 0.5) is 0 Å². The molecular weight excluding hydrogens is 214 g/mol. The van der Waals surface area contributed by atoms with Crippen LogP contribution in [-0.2, 0) is 13.5 Å². The monoisotopic (exact) mass is 233 g/mol. The minimum absolute atomic E-state index is 0.565. The molecule has 2 rings (SSSR count). The van der Waals surface area contributed by atoms with Crippen molar-refractivity contribution in [2.24, 2.45) is 7.05 Å². The maximum Gasteiger partial charge on any atom is 0.0866 e. The predicted octanol–water partition coefficient (Wildman–Crippen LogP) is 0.104. The summed E-state index contributed by atoms with van der Waals surface area (Å²) in [5.41, 5.74) is 1.28. The van der Waals surface area contributed by atoms with E-state index in [1.165, 1.54) is 5.69 Å². The molecule has 92 valence electrons. The first-order chi connectivity index (χ1) is 8.29. The summed E-state index contributed by atoms with van der Waals surface area (Å²) in [5, 5.41) is 12.8. The van der Waals surface area contributed by atoms with Gasteiger partial charge in [-0.15, -0.1) is 0 Å². The van der Waals surface area contributed by atoms with Gasteiger partial charge in [0.1, 0.15) is 0 Å². The molecule has 1 aliphatic heterocycles. The fraction of sp³-hybridized carbons (Fsp3) is 0.667. The van der Waals surface area contributed by atoms with Crippen LogP contribution in [0.1, 0.15) is 5.69 Å². The third-order valence-electron chi connectivity index (χ3n) is 3.37. The van der Waals surface area contributed by atoms with Gasteiger partial charge in [-0.05, 0) is 6.07 Å². The Labute approximate surface area is 102 Å². The third-order valence-corrected chi connectivity index (χ3v) is 3.37. The van der Waals surface area contributed by atoms with Crippen LogP contribution < -0.4 is 0 Å². The second-order valence-electron chi connectivity index (χ2n) is 4.47. The Bertz CT molecular complexity index is 384. The lowest BCUT2D eigenvalue weighted by molar-refractivity contribution is 0.144. The molecule has 2 heterocycles. The predicted molar refractivity (Wildman–Crippen MR) is 65.4 cm³/mol. The summed E-state index contributed by atoms with van der Waals surface area (Å²) in [4.78, 5) is 4.67. The van der Waals surface area contributed by atoms with Crippen molar-refractivity contribution < 1.29 is 0 Å². The third kappa shape index (κ3) is 3.29. The fourth-order valence-electron chi connectivity index (χ4n) is 2.19. The zero-order chi connectivity index (χ0) is 12.1. The van der Waals surface area contributed by atoms with Gasteiger partial charge in [-0.3, -0.25) is 9.58 Å². The van der Waals surface area contributed by atoms with Gasteiger partial charge in [0.05, 0.1) is 12.6 Å². The van der Waals surface area contributed by atoms with E-state index in [2.05, 4.69) is 27.0 Å². The zero-order valence-electron chi connectivity index (χ0n) is 10.3. The van der Waals surface area contributed by atoms with Crippen molar-refractivity contribution in [1.29, 1.82) is 5.26 Å². The molecular formula is C12H19N5. The summed E-state index contributed by atoms with van der Waals surface area (Å²) in [5.74, 6) is 0. The van der Waals surface area contributed by atoms with Crippen LogP contribution in [0.3, 0.4) is 0 Å². The number of aromatic nitrogens is 2. The summed E-state index contributed by atoms with van der Waals surface area (Å²) in [6.45, 7) is 5.81. The Morgan fingerprint density at radius 1 is 1.29 bits per heavy atom. The first kappa shape index (κ1) is 12.1. The topological polar surface area (TPSA) is 48.1 Å². The van der Waals surface area contributed by atoms with Gasteiger partial charge in [0.25, 0.3) is 0 Å². The van der Waals surface area contributed by atoms with Crippen LogP contribution in [0.2, 0.25) is 0 Å². The van der Waals surface area contributed by atoms with Crippen LogP contribution in [-0.4, -0.2) is 58.8 Å². The summed E-state index contributed by atoms with van der Waals surface area (Å²) in [6.07, 6.45) is 2.90. The second kappa shape index (κ2) is 5.80. The van der Waals surface area contributed by atoms with Crippen molar-refractivity contribution in [1.82, 2.24) is 19.6 Å². The maximum absolute atomic E-state index is 8.63. The molecule has 0 bridgehead atoms. The lowest BCUT2D eigenvalue weighted by Crippen LogP contribution is -2.46. The molecule has 1 saturated heterocycles. The normalized spacial score (nSPS) is 18.1. The van der Waals surface area contributed by atoms with Crippen molar-refractivity contribution >= 4 is 0 Å². The molecule has 0 N–H and O–H groups in total. The van der Waals surface area contributed by atoms with E-state index in [9.17, 15) is 0 Å². The Kier molecular flexibility index (Phi) is 4.13. The van der Waals surface area contributed by atoms with Gasteiger partial charge in [0, 0.05) is 58.1 Å². The first-order valence-corrected chi connectivity index (χ1v) is 6.08. The summed E-state index contributed by atoms with van der Waals surface area (Å²) < 4.78 is 1.94. The Morgan fingerprint density at radius 3 is 2.59 bits per heavy atom. The quantitative estimate of drug-likeness (QED) is 0.692. The van der Waals surface area contributed by atoms with E-state index in [-0.39, 0.29) is 0 Å². The first-order valence-electron chi connectivity index (χ1n) is 6.08. The molecule has 5 nitrogen and oxygen atoms in total. The Morgan fingerprint density at radius 2 is 2.00 bits per heavy atom. The number of nitriles is 1. The van der Waals surface area contributed by atoms with Crippen molar-refractivity contribution in [3.8, 4) is 6.07 Å². The molecule has 0 aliphatic carbocycles. The van der Waals surface area contributed by atoms with E-state index < -0.39 is 0 Å². The Balaban J connectivity index is 1.72. The Hall–Kier alpha value is -1.38. The van der Waals surface area contributed by atoms with E-state index >= 15 is 0 Å². The van der Waals surface area contributed by atoms with Crippen LogP contribution in [0.5, 0.6) is 0 Å². The van der Waals surface area contributed by atoms with Gasteiger partial charge in [-0.1, -0.05) is 0 Å². The lowest BCUT2D eigenvalue weighted by Gasteiger charge is -2.33. The van der Waals surface area contributed by atoms with Crippen molar-refractivity contribution in [2.45, 2.75) is 6.42 Å². The number of rotatable bonds is 4. The number of piperazine rings is 1. The van der Waals surface area contributed by atoms with Gasteiger partial charge in [-0.25, -0.2) is 0 Å². The highest BCUT2D eigenvalue weighted by Gasteiger charge is 2.16. The summed E-state index contributed by atoms with van der Waals surface area (Å²) in [7, 11) is 1.99. The molecule has 1 aromatic heterocycles. The van der Waals surface area contributed by atoms with Crippen LogP contribution in [0.15, 0.2) is 12.3 Å². The molecule has 0 radical (unpaired) electrons. The zero-order valence-corrected chi connectivity index (χ0v) is 10.3. The number of hydrogen-bond donors (Lipinski definition) is 0. The molecule has 0 unspecified atom stereocenters. The van der Waals surface area contributed by atoms with Crippen LogP contribution in [0.25, 0.3) is 0 Å². The molecule has 17 heavy (non-hydrogen) atoms. The van der Waals surface area contributed by atoms with Crippen molar-refractivity contribution in [3.63, 3.8) is 0 Å². The molecule has 0 amide bonds. The average molecular weight is 233 g/mol.